The summed E-state index contributed by atoms with van der Waals surface area (Å²) in [5.41, 5.74) is 16.4. The fourth-order valence-electron chi connectivity index (χ4n) is 8.71. The molecule has 0 saturated carbocycles. The van der Waals surface area contributed by atoms with Crippen LogP contribution in [-0.4, -0.2) is 7.28 Å². The van der Waals surface area contributed by atoms with Crippen LogP contribution < -0.4 is 35.7 Å². The van der Waals surface area contributed by atoms with Crippen molar-refractivity contribution < 1.29 is 4.74 Å². The second kappa shape index (κ2) is 15.1. The molecule has 0 spiro atoms. The van der Waals surface area contributed by atoms with Crippen molar-refractivity contribution in [1.82, 2.24) is 0 Å². The third-order valence-electron chi connectivity index (χ3n) is 11.4. The molecule has 2 aliphatic rings. The molecule has 6 heteroatoms. The van der Waals surface area contributed by atoms with Gasteiger partial charge in [0.1, 0.15) is 0 Å². The molecule has 2 aliphatic heterocycles. The van der Waals surface area contributed by atoms with Gasteiger partial charge < -0.3 is 24.8 Å². The van der Waals surface area contributed by atoms with Crippen LogP contribution in [0.5, 0.6) is 11.5 Å². The van der Waals surface area contributed by atoms with Gasteiger partial charge in [-0.25, -0.2) is 0 Å². The summed E-state index contributed by atoms with van der Waals surface area (Å²) < 4.78 is 6.57. The first-order valence-electron chi connectivity index (χ1n) is 20.4. The smallest absolute Gasteiger partial charge is 0.198 e. The third-order valence-corrected chi connectivity index (χ3v) is 11.4. The van der Waals surface area contributed by atoms with Crippen molar-refractivity contribution >= 4 is 80.8 Å². The number of fused-ring (bicyclic) bond motifs is 4. The summed E-state index contributed by atoms with van der Waals surface area (Å²) >= 11 is 0. The van der Waals surface area contributed by atoms with Crippen molar-refractivity contribution in [3.8, 4) is 22.6 Å². The largest absolute Gasteiger partial charge is 0.453 e. The zero-order valence-corrected chi connectivity index (χ0v) is 32.8. The second-order valence-electron chi connectivity index (χ2n) is 15.1. The molecule has 1 N–H and O–H groups in total. The van der Waals surface area contributed by atoms with Crippen LogP contribution in [0.25, 0.3) is 11.1 Å². The van der Waals surface area contributed by atoms with E-state index in [9.17, 15) is 0 Å². The van der Waals surface area contributed by atoms with E-state index >= 15 is 0 Å². The van der Waals surface area contributed by atoms with Crippen LogP contribution in [0.4, 0.5) is 62.6 Å². The highest BCUT2D eigenvalue weighted by molar-refractivity contribution is 6.73. The Balaban J connectivity index is 1.17. The molecule has 0 saturated heterocycles. The van der Waals surface area contributed by atoms with Crippen molar-refractivity contribution in [3.63, 3.8) is 0 Å². The molecule has 0 fully saturated rings. The Morgan fingerprint density at radius 2 is 0.917 bits per heavy atom. The highest BCUT2D eigenvalue weighted by atomic mass is 16.5. The molecule has 0 aliphatic carbocycles. The van der Waals surface area contributed by atoms with Gasteiger partial charge in [0.05, 0.1) is 11.4 Å². The van der Waals surface area contributed by atoms with Crippen molar-refractivity contribution in [2.45, 2.75) is 0 Å². The van der Waals surface area contributed by atoms with Crippen LogP contribution in [0.1, 0.15) is 0 Å². The van der Waals surface area contributed by atoms with Gasteiger partial charge in [0.25, 0.3) is 0 Å². The standard InChI is InChI=1S/C54H39BN4O/c1-6-19-38(20-7-1)57(39-21-8-2-9-22-39)43-33-34-47-49(36-43)59(42-27-14-5-15-28-42)50-37-44(58(40-23-10-3-11-24-40)41-25-12-4-13-26-41)35-46(53(50)55-47)45-29-18-32-52-54(45)56-48-30-16-17-31-51(48)60-52/h1-37,55-56H. The number of hydrogen-bond donors (Lipinski definition) is 1. The molecule has 0 atom stereocenters. The lowest BCUT2D eigenvalue weighted by Crippen LogP contribution is -2.41. The first kappa shape index (κ1) is 35.2. The number of rotatable bonds is 8. The quantitative estimate of drug-likeness (QED) is 0.156. The van der Waals surface area contributed by atoms with Gasteiger partial charge >= 0.3 is 0 Å². The number of benzene rings is 9. The number of para-hydroxylation sites is 8. The summed E-state index contributed by atoms with van der Waals surface area (Å²) in [6.07, 6.45) is 0. The molecule has 9 aromatic carbocycles. The average molecular weight is 771 g/mol. The number of nitrogens with one attached hydrogen (secondary N) is 1. The lowest BCUT2D eigenvalue weighted by Gasteiger charge is -2.38. The van der Waals surface area contributed by atoms with Crippen LogP contribution in [0.3, 0.4) is 0 Å². The first-order chi connectivity index (χ1) is 29.8. The highest BCUT2D eigenvalue weighted by Gasteiger charge is 2.32. The molecule has 5 nitrogen and oxygen atoms in total. The van der Waals surface area contributed by atoms with Gasteiger partial charge in [-0.2, -0.15) is 0 Å². The fraction of sp³-hybridized carbons (Fsp3) is 0. The monoisotopic (exact) mass is 770 g/mol. The lowest BCUT2D eigenvalue weighted by atomic mass is 9.58. The van der Waals surface area contributed by atoms with E-state index in [4.69, 9.17) is 4.74 Å². The second-order valence-corrected chi connectivity index (χ2v) is 15.1. The molecular weight excluding hydrogens is 731 g/mol. The van der Waals surface area contributed by atoms with Crippen molar-refractivity contribution in [3.05, 3.63) is 224 Å². The zero-order valence-electron chi connectivity index (χ0n) is 32.8. The Bertz CT molecular complexity index is 2890. The van der Waals surface area contributed by atoms with Gasteiger partial charge in [-0.1, -0.05) is 127 Å². The Labute approximate surface area is 351 Å². The number of hydrogen-bond acceptors (Lipinski definition) is 5. The molecule has 0 amide bonds. The highest BCUT2D eigenvalue weighted by Crippen LogP contribution is 2.49. The summed E-state index contributed by atoms with van der Waals surface area (Å²) in [5, 5.41) is 3.78. The van der Waals surface area contributed by atoms with Gasteiger partial charge in [-0.05, 0) is 114 Å². The van der Waals surface area contributed by atoms with Gasteiger partial charge in [0, 0.05) is 56.7 Å². The molecule has 0 bridgehead atoms. The zero-order chi connectivity index (χ0) is 39.8. The Morgan fingerprint density at radius 1 is 0.400 bits per heavy atom. The SMILES string of the molecule is B1c2ccc(N(c3ccccc3)c3ccccc3)cc2N(c2ccccc2)c2cc(N(c3ccccc3)c3ccccc3)cc(-c3cccc4c3Nc3ccccc3O4)c21. The summed E-state index contributed by atoms with van der Waals surface area (Å²) in [4.78, 5) is 7.16. The topological polar surface area (TPSA) is 31.0 Å². The van der Waals surface area contributed by atoms with Gasteiger partial charge in [-0.15, -0.1) is 0 Å². The molecule has 2 heterocycles. The first-order valence-corrected chi connectivity index (χ1v) is 20.4. The maximum Gasteiger partial charge on any atom is 0.198 e. The molecule has 284 valence electrons. The summed E-state index contributed by atoms with van der Waals surface area (Å²) in [5.74, 6) is 1.62. The van der Waals surface area contributed by atoms with E-state index < -0.39 is 0 Å². The van der Waals surface area contributed by atoms with Gasteiger partial charge in [0.15, 0.2) is 18.8 Å². The fourth-order valence-corrected chi connectivity index (χ4v) is 8.71. The molecule has 9 aromatic rings. The van der Waals surface area contributed by atoms with Crippen LogP contribution in [-0.2, 0) is 0 Å². The Morgan fingerprint density at radius 3 is 1.53 bits per heavy atom. The van der Waals surface area contributed by atoms with E-state index in [1.807, 2.05) is 18.2 Å². The molecule has 60 heavy (non-hydrogen) atoms. The molecule has 0 aromatic heterocycles. The number of ether oxygens (including phenoxy) is 1. The predicted molar refractivity (Wildman–Crippen MR) is 252 cm³/mol. The molecule has 11 rings (SSSR count). The minimum Gasteiger partial charge on any atom is -0.453 e. The van der Waals surface area contributed by atoms with Crippen LogP contribution in [0, 0.1) is 0 Å². The van der Waals surface area contributed by atoms with Gasteiger partial charge in [0.2, 0.25) is 0 Å². The third kappa shape index (κ3) is 6.32. The van der Waals surface area contributed by atoms with E-state index in [1.54, 1.807) is 0 Å². The molecule has 0 radical (unpaired) electrons. The summed E-state index contributed by atoms with van der Waals surface area (Å²) in [7, 11) is 0.734. The molecular formula is C54H39BN4O. The van der Waals surface area contributed by atoms with E-state index in [2.05, 4.69) is 226 Å². The van der Waals surface area contributed by atoms with Crippen molar-refractivity contribution in [2.24, 2.45) is 0 Å². The Kier molecular flexibility index (Phi) is 8.86. The Hall–Kier alpha value is -7.96. The summed E-state index contributed by atoms with van der Waals surface area (Å²) in [6.45, 7) is 0. The maximum atomic E-state index is 6.57. The molecule has 0 unspecified atom stereocenters. The minimum atomic E-state index is 0.734. The van der Waals surface area contributed by atoms with E-state index in [-0.39, 0.29) is 0 Å². The van der Waals surface area contributed by atoms with E-state index in [0.29, 0.717) is 0 Å². The van der Waals surface area contributed by atoms with Gasteiger partial charge in [-0.3, -0.25) is 0 Å². The normalized spacial score (nSPS) is 12.0. The van der Waals surface area contributed by atoms with Crippen LogP contribution >= 0.6 is 0 Å². The van der Waals surface area contributed by atoms with E-state index in [0.717, 1.165) is 92.5 Å². The summed E-state index contributed by atoms with van der Waals surface area (Å²) in [6, 6.07) is 79.5. The van der Waals surface area contributed by atoms with E-state index in [1.165, 1.54) is 10.9 Å². The average Bonchev–Trinajstić information content (AvgIpc) is 3.31. The number of anilines is 11. The van der Waals surface area contributed by atoms with Crippen molar-refractivity contribution in [2.75, 3.05) is 20.0 Å². The lowest BCUT2D eigenvalue weighted by molar-refractivity contribution is 0.481. The van der Waals surface area contributed by atoms with Crippen molar-refractivity contribution in [1.29, 1.82) is 0 Å². The van der Waals surface area contributed by atoms with Crippen LogP contribution in [0.15, 0.2) is 224 Å². The maximum absolute atomic E-state index is 6.57. The number of nitrogens with zero attached hydrogens (tertiary/aromatic N) is 3. The minimum absolute atomic E-state index is 0.734. The van der Waals surface area contributed by atoms with Crippen LogP contribution in [0.2, 0.25) is 0 Å². The predicted octanol–water partition coefficient (Wildman–Crippen LogP) is 13.3.